The molecule has 0 saturated carbocycles. The van der Waals surface area contributed by atoms with Gasteiger partial charge in [0.1, 0.15) is 4.88 Å². The molecule has 0 saturated heterocycles. The first-order valence-electron chi connectivity index (χ1n) is 6.24. The molecule has 0 fully saturated rings. The molecule has 0 bridgehead atoms. The zero-order chi connectivity index (χ0) is 14.0. The van der Waals surface area contributed by atoms with Gasteiger partial charge in [-0.3, -0.25) is 4.79 Å². The molecule has 5 heteroatoms. The summed E-state index contributed by atoms with van der Waals surface area (Å²) in [7, 11) is 0. The smallest absolute Gasteiger partial charge is 0.263 e. The Morgan fingerprint density at radius 2 is 2.21 bits per heavy atom. The molecule has 3 nitrogen and oxygen atoms in total. The Morgan fingerprint density at radius 1 is 1.47 bits per heavy atom. The summed E-state index contributed by atoms with van der Waals surface area (Å²) in [6.07, 6.45) is 0.961. The quantitative estimate of drug-likeness (QED) is 0.898. The Bertz CT molecular complexity index is 607. The molecule has 102 valence electrons. The lowest BCUT2D eigenvalue weighted by molar-refractivity contribution is 0.0957. The summed E-state index contributed by atoms with van der Waals surface area (Å²) >= 11 is 7.33. The van der Waals surface area contributed by atoms with Crippen LogP contribution in [-0.2, 0) is 0 Å². The third kappa shape index (κ3) is 3.19. The molecule has 0 aliphatic heterocycles. The van der Waals surface area contributed by atoms with Crippen molar-refractivity contribution in [2.45, 2.75) is 20.3 Å². The highest BCUT2D eigenvalue weighted by Crippen LogP contribution is 2.35. The molecular weight excluding hydrogens is 280 g/mol. The first-order chi connectivity index (χ1) is 8.99. The average Bonchev–Trinajstić information content (AvgIpc) is 2.65. The third-order valence-electron chi connectivity index (χ3n) is 2.90. The maximum absolute atomic E-state index is 12.1. The summed E-state index contributed by atoms with van der Waals surface area (Å²) in [5.74, 6) is 0.467. The lowest BCUT2D eigenvalue weighted by atomic mass is 10.1. The van der Waals surface area contributed by atoms with E-state index < -0.39 is 0 Å². The number of hydrogen-bond acceptors (Lipinski definition) is 3. The van der Waals surface area contributed by atoms with Crippen molar-refractivity contribution in [3.8, 4) is 0 Å². The number of amides is 1. The number of nitrogens with one attached hydrogen (secondary N) is 1. The number of nitrogen functional groups attached to an aromatic ring is 1. The Hall–Kier alpha value is -1.26. The Balaban J connectivity index is 2.20. The van der Waals surface area contributed by atoms with E-state index in [-0.39, 0.29) is 5.91 Å². The number of carbonyl (C=O) groups is 1. The van der Waals surface area contributed by atoms with E-state index in [0.29, 0.717) is 28.0 Å². The minimum absolute atomic E-state index is 0.101. The lowest BCUT2D eigenvalue weighted by Gasteiger charge is -2.06. The van der Waals surface area contributed by atoms with E-state index >= 15 is 0 Å². The molecule has 1 aromatic carbocycles. The molecular formula is C14H17ClN2OS. The van der Waals surface area contributed by atoms with Gasteiger partial charge in [0, 0.05) is 21.7 Å². The van der Waals surface area contributed by atoms with Crippen LogP contribution in [0.3, 0.4) is 0 Å². The predicted molar refractivity (Wildman–Crippen MR) is 83.0 cm³/mol. The second-order valence-corrected chi connectivity index (χ2v) is 6.41. The number of fused-ring (bicyclic) bond motifs is 1. The summed E-state index contributed by atoms with van der Waals surface area (Å²) in [4.78, 5) is 12.7. The molecule has 1 amide bonds. The number of halogens is 1. The van der Waals surface area contributed by atoms with Crippen molar-refractivity contribution in [2.75, 3.05) is 12.3 Å². The highest BCUT2D eigenvalue weighted by molar-refractivity contribution is 7.21. The van der Waals surface area contributed by atoms with Gasteiger partial charge < -0.3 is 11.1 Å². The van der Waals surface area contributed by atoms with Gasteiger partial charge in [0.2, 0.25) is 0 Å². The Kier molecular flexibility index (Phi) is 4.32. The number of benzene rings is 1. The van der Waals surface area contributed by atoms with E-state index in [1.807, 2.05) is 12.1 Å². The Morgan fingerprint density at radius 3 is 2.89 bits per heavy atom. The number of anilines is 1. The zero-order valence-corrected chi connectivity index (χ0v) is 12.6. The Labute approximate surface area is 121 Å². The number of rotatable bonds is 4. The van der Waals surface area contributed by atoms with E-state index in [2.05, 4.69) is 19.2 Å². The molecule has 0 aliphatic rings. The molecule has 1 heterocycles. The number of hydrogen-bond donors (Lipinski definition) is 2. The molecule has 0 unspecified atom stereocenters. The SMILES string of the molecule is CC(C)CCNC(=O)c1sc2cc(Cl)ccc2c1N. The van der Waals surface area contributed by atoms with Crippen molar-refractivity contribution < 1.29 is 4.79 Å². The maximum atomic E-state index is 12.1. The van der Waals surface area contributed by atoms with E-state index in [9.17, 15) is 4.79 Å². The van der Waals surface area contributed by atoms with Crippen LogP contribution in [0, 0.1) is 5.92 Å². The van der Waals surface area contributed by atoms with Crippen molar-refractivity contribution in [2.24, 2.45) is 5.92 Å². The molecule has 0 spiro atoms. The van der Waals surface area contributed by atoms with Crippen molar-refractivity contribution in [1.29, 1.82) is 0 Å². The van der Waals surface area contributed by atoms with Gasteiger partial charge in [-0.25, -0.2) is 0 Å². The fourth-order valence-corrected chi connectivity index (χ4v) is 3.13. The zero-order valence-electron chi connectivity index (χ0n) is 11.0. The van der Waals surface area contributed by atoms with Crippen molar-refractivity contribution in [3.05, 3.63) is 28.1 Å². The van der Waals surface area contributed by atoms with Crippen LogP contribution in [0.1, 0.15) is 29.9 Å². The van der Waals surface area contributed by atoms with Crippen LogP contribution in [0.5, 0.6) is 0 Å². The fourth-order valence-electron chi connectivity index (χ4n) is 1.81. The van der Waals surface area contributed by atoms with Gasteiger partial charge in [-0.2, -0.15) is 0 Å². The molecule has 0 aliphatic carbocycles. The standard InChI is InChI=1S/C14H17ClN2OS/c1-8(2)5-6-17-14(18)13-12(16)10-4-3-9(15)7-11(10)19-13/h3-4,7-8H,5-6,16H2,1-2H3,(H,17,18). The van der Waals surface area contributed by atoms with Gasteiger partial charge in [0.25, 0.3) is 5.91 Å². The summed E-state index contributed by atoms with van der Waals surface area (Å²) in [6.45, 7) is 4.93. The van der Waals surface area contributed by atoms with Gasteiger partial charge >= 0.3 is 0 Å². The monoisotopic (exact) mass is 296 g/mol. The van der Waals surface area contributed by atoms with Gasteiger partial charge in [-0.15, -0.1) is 11.3 Å². The van der Waals surface area contributed by atoms with E-state index in [0.717, 1.165) is 16.5 Å². The van der Waals surface area contributed by atoms with E-state index in [4.69, 9.17) is 17.3 Å². The van der Waals surface area contributed by atoms with Crippen LogP contribution in [0.2, 0.25) is 5.02 Å². The fraction of sp³-hybridized carbons (Fsp3) is 0.357. The van der Waals surface area contributed by atoms with Crippen molar-refractivity contribution in [1.82, 2.24) is 5.32 Å². The maximum Gasteiger partial charge on any atom is 0.263 e. The first-order valence-corrected chi connectivity index (χ1v) is 7.44. The molecule has 1 aromatic heterocycles. The normalized spacial score (nSPS) is 11.2. The number of nitrogens with two attached hydrogens (primary N) is 1. The highest BCUT2D eigenvalue weighted by Gasteiger charge is 2.16. The van der Waals surface area contributed by atoms with Crippen LogP contribution in [0.25, 0.3) is 10.1 Å². The average molecular weight is 297 g/mol. The van der Waals surface area contributed by atoms with Crippen LogP contribution in [0.15, 0.2) is 18.2 Å². The van der Waals surface area contributed by atoms with Gasteiger partial charge in [0.15, 0.2) is 0 Å². The van der Waals surface area contributed by atoms with E-state index in [1.165, 1.54) is 11.3 Å². The predicted octanol–water partition coefficient (Wildman–Crippen LogP) is 3.91. The molecule has 2 aromatic rings. The summed E-state index contributed by atoms with van der Waals surface area (Å²) in [5.41, 5.74) is 6.57. The van der Waals surface area contributed by atoms with Crippen molar-refractivity contribution >= 4 is 44.6 Å². The third-order valence-corrected chi connectivity index (χ3v) is 4.31. The second kappa shape index (κ2) is 5.80. The lowest BCUT2D eigenvalue weighted by Crippen LogP contribution is -2.25. The highest BCUT2D eigenvalue weighted by atomic mass is 35.5. The summed E-state index contributed by atoms with van der Waals surface area (Å²) < 4.78 is 0.944. The molecule has 2 rings (SSSR count). The largest absolute Gasteiger partial charge is 0.397 e. The van der Waals surface area contributed by atoms with Gasteiger partial charge in [-0.1, -0.05) is 25.4 Å². The topological polar surface area (TPSA) is 55.1 Å². The molecule has 0 radical (unpaired) electrons. The number of thiophene rings is 1. The minimum atomic E-state index is -0.101. The van der Waals surface area contributed by atoms with E-state index in [1.54, 1.807) is 6.07 Å². The van der Waals surface area contributed by atoms with Crippen LogP contribution in [-0.4, -0.2) is 12.5 Å². The van der Waals surface area contributed by atoms with Gasteiger partial charge in [0.05, 0.1) is 5.69 Å². The minimum Gasteiger partial charge on any atom is -0.397 e. The van der Waals surface area contributed by atoms with Crippen molar-refractivity contribution in [3.63, 3.8) is 0 Å². The van der Waals surface area contributed by atoms with Crippen LogP contribution < -0.4 is 11.1 Å². The van der Waals surface area contributed by atoms with Gasteiger partial charge in [-0.05, 0) is 30.5 Å². The van der Waals surface area contributed by atoms with Crippen LogP contribution >= 0.6 is 22.9 Å². The van der Waals surface area contributed by atoms with Crippen LogP contribution in [0.4, 0.5) is 5.69 Å². The molecule has 19 heavy (non-hydrogen) atoms. The second-order valence-electron chi connectivity index (χ2n) is 4.92. The number of carbonyl (C=O) groups excluding carboxylic acids is 1. The molecule has 3 N–H and O–H groups in total. The summed E-state index contributed by atoms with van der Waals surface area (Å²) in [6, 6.07) is 5.48. The summed E-state index contributed by atoms with van der Waals surface area (Å²) in [5, 5.41) is 4.45. The molecule has 0 atom stereocenters. The first kappa shape index (κ1) is 14.2.